The Morgan fingerprint density at radius 3 is 2.05 bits per heavy atom. The van der Waals surface area contributed by atoms with Crippen LogP contribution in [0.1, 0.15) is 51.0 Å². The van der Waals surface area contributed by atoms with Crippen molar-refractivity contribution in [2.75, 3.05) is 10.8 Å². The van der Waals surface area contributed by atoms with Crippen LogP contribution in [-0.2, 0) is 26.2 Å². The van der Waals surface area contributed by atoms with Crippen LogP contribution in [0.2, 0.25) is 10.0 Å². The Morgan fingerprint density at radius 1 is 0.878 bits per heavy atom. The Hall–Kier alpha value is -3.07. The number of para-hydroxylation sites is 1. The van der Waals surface area contributed by atoms with Crippen LogP contribution in [0.3, 0.4) is 0 Å². The molecule has 1 aliphatic rings. The maximum absolute atomic E-state index is 14.1. The van der Waals surface area contributed by atoms with Gasteiger partial charge < -0.3 is 10.2 Å². The van der Waals surface area contributed by atoms with Crippen LogP contribution in [0.25, 0.3) is 0 Å². The molecule has 3 aromatic rings. The largest absolute Gasteiger partial charge is 0.352 e. The number of hydrogen-bond donors (Lipinski definition) is 1. The molecule has 7 nitrogen and oxygen atoms in total. The summed E-state index contributed by atoms with van der Waals surface area (Å²) in [7, 11) is -4.14. The molecule has 0 spiro atoms. The van der Waals surface area contributed by atoms with Gasteiger partial charge in [0, 0.05) is 22.6 Å². The van der Waals surface area contributed by atoms with Crippen LogP contribution < -0.4 is 9.62 Å². The molecule has 218 valence electrons. The van der Waals surface area contributed by atoms with Gasteiger partial charge in [0.25, 0.3) is 10.0 Å². The summed E-state index contributed by atoms with van der Waals surface area (Å²) in [6.07, 6.45) is 5.46. The summed E-state index contributed by atoms with van der Waals surface area (Å²) >= 11 is 12.1. The molecule has 0 saturated heterocycles. The zero-order valence-electron chi connectivity index (χ0n) is 23.0. The van der Waals surface area contributed by atoms with Crippen LogP contribution in [0, 0.1) is 0 Å². The highest BCUT2D eigenvalue weighted by Gasteiger charge is 2.34. The van der Waals surface area contributed by atoms with E-state index in [0.717, 1.165) is 42.0 Å². The molecule has 1 atom stereocenters. The van der Waals surface area contributed by atoms with Crippen molar-refractivity contribution in [1.29, 1.82) is 0 Å². The Bertz CT molecular complexity index is 1410. The third kappa shape index (κ3) is 8.03. The minimum Gasteiger partial charge on any atom is -0.352 e. The van der Waals surface area contributed by atoms with Crippen LogP contribution in [-0.4, -0.2) is 43.8 Å². The van der Waals surface area contributed by atoms with E-state index in [1.807, 2.05) is 6.92 Å². The monoisotopic (exact) mass is 615 g/mol. The number of anilines is 1. The minimum atomic E-state index is -4.14. The average molecular weight is 617 g/mol. The normalized spacial score (nSPS) is 14.7. The molecule has 1 aliphatic carbocycles. The van der Waals surface area contributed by atoms with Crippen molar-refractivity contribution >= 4 is 50.7 Å². The van der Waals surface area contributed by atoms with E-state index in [0.29, 0.717) is 22.2 Å². The molecular weight excluding hydrogens is 581 g/mol. The zero-order valence-corrected chi connectivity index (χ0v) is 25.3. The van der Waals surface area contributed by atoms with Gasteiger partial charge >= 0.3 is 0 Å². The summed E-state index contributed by atoms with van der Waals surface area (Å²) in [5.41, 5.74) is 1.11. The van der Waals surface area contributed by atoms with E-state index in [4.69, 9.17) is 23.2 Å². The number of nitrogens with one attached hydrogen (secondary N) is 1. The minimum absolute atomic E-state index is 0.00453. The SMILES string of the molecule is CC[C@@H](C(=O)NC1CCCCC1)N(Cc1ccc(Cl)cc1)C(=O)CN(c1ccccc1)S(=O)(=O)c1ccc(Cl)cc1. The van der Waals surface area contributed by atoms with Gasteiger partial charge in [0.2, 0.25) is 11.8 Å². The number of sulfonamides is 1. The van der Waals surface area contributed by atoms with Crippen molar-refractivity contribution in [3.63, 3.8) is 0 Å². The predicted octanol–water partition coefficient (Wildman–Crippen LogP) is 6.45. The van der Waals surface area contributed by atoms with Crippen molar-refractivity contribution in [3.8, 4) is 0 Å². The Balaban J connectivity index is 1.68. The summed E-state index contributed by atoms with van der Waals surface area (Å²) in [6.45, 7) is 1.48. The highest BCUT2D eigenvalue weighted by Crippen LogP contribution is 2.26. The molecule has 41 heavy (non-hydrogen) atoms. The molecule has 0 heterocycles. The molecule has 0 unspecified atom stereocenters. The number of rotatable bonds is 11. The van der Waals surface area contributed by atoms with E-state index in [9.17, 15) is 18.0 Å². The number of amides is 2. The van der Waals surface area contributed by atoms with Gasteiger partial charge in [-0.25, -0.2) is 8.42 Å². The quantitative estimate of drug-likeness (QED) is 0.269. The fourth-order valence-corrected chi connectivity index (χ4v) is 6.77. The van der Waals surface area contributed by atoms with Gasteiger partial charge in [0.05, 0.1) is 10.6 Å². The van der Waals surface area contributed by atoms with Crippen molar-refractivity contribution < 1.29 is 18.0 Å². The molecule has 0 radical (unpaired) electrons. The van der Waals surface area contributed by atoms with E-state index >= 15 is 0 Å². The van der Waals surface area contributed by atoms with E-state index in [1.165, 1.54) is 29.2 Å². The molecule has 0 aliphatic heterocycles. The standard InChI is InChI=1S/C31H35Cl2N3O4S/c1-2-29(31(38)34-26-9-5-3-6-10-26)35(21-23-13-15-24(32)16-14-23)30(37)22-36(27-11-7-4-8-12-27)41(39,40)28-19-17-25(33)18-20-28/h4,7-8,11-20,26,29H,2-3,5-6,9-10,21-22H2,1H3,(H,34,38)/t29-/m0/s1. The fourth-order valence-electron chi connectivity index (χ4n) is 5.11. The fraction of sp³-hybridized carbons (Fsp3) is 0.355. The number of hydrogen-bond acceptors (Lipinski definition) is 4. The van der Waals surface area contributed by atoms with E-state index in [1.54, 1.807) is 54.6 Å². The Labute approximate surface area is 252 Å². The average Bonchev–Trinajstić information content (AvgIpc) is 2.98. The van der Waals surface area contributed by atoms with Crippen LogP contribution in [0.4, 0.5) is 5.69 Å². The molecule has 4 rings (SSSR count). The Kier molecular flexibility index (Phi) is 10.7. The zero-order chi connectivity index (χ0) is 29.4. The maximum Gasteiger partial charge on any atom is 0.264 e. The van der Waals surface area contributed by atoms with Gasteiger partial charge in [-0.3, -0.25) is 13.9 Å². The highest BCUT2D eigenvalue weighted by atomic mass is 35.5. The molecule has 10 heteroatoms. The molecule has 0 aromatic heterocycles. The lowest BCUT2D eigenvalue weighted by Gasteiger charge is -2.34. The summed E-state index contributed by atoms with van der Waals surface area (Å²) in [5, 5.41) is 4.10. The second-order valence-corrected chi connectivity index (χ2v) is 13.0. The first-order chi connectivity index (χ1) is 19.7. The maximum atomic E-state index is 14.1. The topological polar surface area (TPSA) is 86.8 Å². The van der Waals surface area contributed by atoms with E-state index in [2.05, 4.69) is 5.32 Å². The molecule has 1 N–H and O–H groups in total. The molecule has 0 bridgehead atoms. The van der Waals surface area contributed by atoms with Gasteiger partial charge in [-0.2, -0.15) is 0 Å². The summed E-state index contributed by atoms with van der Waals surface area (Å²) < 4.78 is 28.8. The lowest BCUT2D eigenvalue weighted by Crippen LogP contribution is -2.54. The van der Waals surface area contributed by atoms with Gasteiger partial charge in [0.15, 0.2) is 0 Å². The highest BCUT2D eigenvalue weighted by molar-refractivity contribution is 7.92. The second-order valence-electron chi connectivity index (χ2n) is 10.2. The first-order valence-corrected chi connectivity index (χ1v) is 16.1. The van der Waals surface area contributed by atoms with E-state index < -0.39 is 28.5 Å². The molecule has 2 amide bonds. The number of carbonyl (C=O) groups excluding carboxylic acids is 2. The number of carbonyl (C=O) groups is 2. The number of nitrogens with zero attached hydrogens (tertiary/aromatic N) is 2. The van der Waals surface area contributed by atoms with E-state index in [-0.39, 0.29) is 23.4 Å². The first kappa shape index (κ1) is 30.9. The van der Waals surface area contributed by atoms with Crippen LogP contribution in [0.5, 0.6) is 0 Å². The third-order valence-electron chi connectivity index (χ3n) is 7.33. The number of halogens is 2. The molecule has 1 fully saturated rings. The number of benzene rings is 3. The van der Waals surface area contributed by atoms with Gasteiger partial charge in [-0.05, 0) is 73.4 Å². The summed E-state index contributed by atoms with van der Waals surface area (Å²) in [5.74, 6) is -0.722. The van der Waals surface area contributed by atoms with Gasteiger partial charge in [-0.1, -0.05) is 79.7 Å². The van der Waals surface area contributed by atoms with Gasteiger partial charge in [0.1, 0.15) is 12.6 Å². The Morgan fingerprint density at radius 2 is 1.46 bits per heavy atom. The molecular formula is C31H35Cl2N3O4S. The van der Waals surface area contributed by atoms with Gasteiger partial charge in [-0.15, -0.1) is 0 Å². The molecule has 3 aromatic carbocycles. The van der Waals surface area contributed by atoms with Crippen molar-refractivity contribution in [1.82, 2.24) is 10.2 Å². The van der Waals surface area contributed by atoms with Crippen molar-refractivity contribution in [2.24, 2.45) is 0 Å². The smallest absolute Gasteiger partial charge is 0.264 e. The van der Waals surface area contributed by atoms with Crippen molar-refractivity contribution in [3.05, 3.63) is 94.5 Å². The van der Waals surface area contributed by atoms with Crippen molar-refractivity contribution in [2.45, 2.75) is 69.0 Å². The predicted molar refractivity (Wildman–Crippen MR) is 164 cm³/mol. The summed E-state index contributed by atoms with van der Waals surface area (Å²) in [4.78, 5) is 29.2. The third-order valence-corrected chi connectivity index (χ3v) is 9.62. The second kappa shape index (κ2) is 14.2. The lowest BCUT2D eigenvalue weighted by molar-refractivity contribution is -0.140. The molecule has 1 saturated carbocycles. The summed E-state index contributed by atoms with van der Waals surface area (Å²) in [6, 6.07) is 20.6. The lowest BCUT2D eigenvalue weighted by atomic mass is 9.95. The first-order valence-electron chi connectivity index (χ1n) is 13.9. The van der Waals surface area contributed by atoms with Crippen LogP contribution >= 0.6 is 23.2 Å². The van der Waals surface area contributed by atoms with Crippen LogP contribution in [0.15, 0.2) is 83.8 Å².